The number of rotatable bonds is 9. The molecule has 0 radical (unpaired) electrons. The Morgan fingerprint density at radius 3 is 2.75 bits per heavy atom. The van der Waals surface area contributed by atoms with Gasteiger partial charge in [0.1, 0.15) is 12.4 Å². The molecule has 1 aromatic carbocycles. The maximum atomic E-state index is 11.7. The maximum Gasteiger partial charge on any atom is 0.214 e. The lowest BCUT2D eigenvalue weighted by atomic mass is 10.2. The summed E-state index contributed by atoms with van der Waals surface area (Å²) in [6.45, 7) is 0.464. The molecule has 0 unspecified atom stereocenters. The fourth-order valence-corrected chi connectivity index (χ4v) is 2.43. The average Bonchev–Trinajstić information content (AvgIpc) is 2.40. The van der Waals surface area contributed by atoms with Crippen molar-refractivity contribution in [2.24, 2.45) is 0 Å². The van der Waals surface area contributed by atoms with Gasteiger partial charge in [-0.25, -0.2) is 13.1 Å². The summed E-state index contributed by atoms with van der Waals surface area (Å²) >= 11 is 0. The van der Waals surface area contributed by atoms with Crippen LogP contribution in [0.3, 0.4) is 0 Å². The van der Waals surface area contributed by atoms with Crippen LogP contribution in [0.4, 0.5) is 5.69 Å². The molecule has 6 heteroatoms. The van der Waals surface area contributed by atoms with E-state index in [2.05, 4.69) is 10.6 Å². The molecule has 0 bridgehead atoms. The summed E-state index contributed by atoms with van der Waals surface area (Å²) in [5.41, 5.74) is 6.18. The minimum atomic E-state index is -3.32. The largest absolute Gasteiger partial charge is 0.490 e. The minimum absolute atomic E-state index is 0.0634. The summed E-state index contributed by atoms with van der Waals surface area (Å²) in [4.78, 5) is 0. The molecule has 0 saturated carbocycles. The minimum Gasteiger partial charge on any atom is -0.490 e. The molecule has 20 heavy (non-hydrogen) atoms. The second-order valence-corrected chi connectivity index (χ2v) is 6.19. The van der Waals surface area contributed by atoms with E-state index in [1.165, 1.54) is 0 Å². The van der Waals surface area contributed by atoms with Gasteiger partial charge in [0.2, 0.25) is 10.0 Å². The number of nitrogens with two attached hydrogens (primary N) is 1. The molecule has 0 fully saturated rings. The molecule has 5 nitrogen and oxygen atoms in total. The third kappa shape index (κ3) is 6.45. The van der Waals surface area contributed by atoms with Crippen LogP contribution in [-0.4, -0.2) is 27.3 Å². The van der Waals surface area contributed by atoms with Gasteiger partial charge in [0.15, 0.2) is 0 Å². The average molecular weight is 296 g/mol. The van der Waals surface area contributed by atoms with E-state index in [1.807, 2.05) is 0 Å². The molecule has 0 amide bonds. The highest BCUT2D eigenvalue weighted by Gasteiger charge is 2.10. The molecule has 0 heterocycles. The van der Waals surface area contributed by atoms with E-state index in [1.54, 1.807) is 24.3 Å². The molecule has 0 saturated heterocycles. The predicted molar refractivity (Wildman–Crippen MR) is 80.8 cm³/mol. The first-order valence-electron chi connectivity index (χ1n) is 6.43. The fourth-order valence-electron chi connectivity index (χ4n) is 1.53. The number of sulfonamides is 1. The molecule has 0 spiro atoms. The third-order valence-corrected chi connectivity index (χ3v) is 3.95. The Hall–Kier alpha value is -1.71. The van der Waals surface area contributed by atoms with E-state index in [-0.39, 0.29) is 12.4 Å². The van der Waals surface area contributed by atoms with Crippen molar-refractivity contribution in [1.82, 2.24) is 4.72 Å². The van der Waals surface area contributed by atoms with Gasteiger partial charge in [0, 0.05) is 13.0 Å². The monoisotopic (exact) mass is 296 g/mol. The van der Waals surface area contributed by atoms with Gasteiger partial charge in [0.25, 0.3) is 0 Å². The first-order chi connectivity index (χ1) is 9.55. The lowest BCUT2D eigenvalue weighted by Crippen LogP contribution is -2.29. The summed E-state index contributed by atoms with van der Waals surface area (Å²) in [7, 11) is -3.32. The van der Waals surface area contributed by atoms with Crippen molar-refractivity contribution >= 4 is 15.7 Å². The van der Waals surface area contributed by atoms with Gasteiger partial charge in [-0.2, -0.15) is 0 Å². The van der Waals surface area contributed by atoms with E-state index in [4.69, 9.17) is 16.9 Å². The van der Waals surface area contributed by atoms with Gasteiger partial charge < -0.3 is 10.5 Å². The van der Waals surface area contributed by atoms with E-state index < -0.39 is 10.0 Å². The van der Waals surface area contributed by atoms with Crippen LogP contribution < -0.4 is 15.2 Å². The molecule has 0 atom stereocenters. The van der Waals surface area contributed by atoms with Crippen molar-refractivity contribution in [2.45, 2.75) is 19.3 Å². The van der Waals surface area contributed by atoms with Gasteiger partial charge in [-0.05, 0) is 25.0 Å². The molecule has 0 aromatic heterocycles. The number of nitrogens with one attached hydrogen (secondary N) is 1. The number of benzene rings is 1. The summed E-state index contributed by atoms with van der Waals surface area (Å²) in [5.74, 6) is 2.91. The van der Waals surface area contributed by atoms with Crippen molar-refractivity contribution in [3.05, 3.63) is 24.3 Å². The highest BCUT2D eigenvalue weighted by Crippen LogP contribution is 2.19. The predicted octanol–water partition coefficient (Wildman–Crippen LogP) is 1.37. The van der Waals surface area contributed by atoms with Crippen molar-refractivity contribution < 1.29 is 13.2 Å². The second kappa shape index (κ2) is 8.46. The Balaban J connectivity index is 2.26. The van der Waals surface area contributed by atoms with Gasteiger partial charge in [0.05, 0.1) is 11.4 Å². The van der Waals surface area contributed by atoms with Crippen molar-refractivity contribution in [3.8, 4) is 18.1 Å². The van der Waals surface area contributed by atoms with Crippen molar-refractivity contribution in [3.63, 3.8) is 0 Å². The summed E-state index contributed by atoms with van der Waals surface area (Å²) in [6, 6.07) is 6.98. The number of hydrogen-bond acceptors (Lipinski definition) is 4. The Labute approximate surface area is 120 Å². The molecular weight excluding hydrogens is 276 g/mol. The van der Waals surface area contributed by atoms with Gasteiger partial charge in [-0.1, -0.05) is 12.1 Å². The van der Waals surface area contributed by atoms with Crippen LogP contribution >= 0.6 is 0 Å². The molecule has 0 aliphatic rings. The number of terminal acetylenes is 1. The fraction of sp³-hybridized carbons (Fsp3) is 0.429. The molecular formula is C14H20N2O3S. The van der Waals surface area contributed by atoms with Crippen LogP contribution in [-0.2, 0) is 10.0 Å². The first kappa shape index (κ1) is 16.3. The smallest absolute Gasteiger partial charge is 0.214 e. The van der Waals surface area contributed by atoms with Crippen LogP contribution in [0.2, 0.25) is 0 Å². The number of nitrogen functional groups attached to an aromatic ring is 1. The number of unbranched alkanes of at least 4 members (excludes halogenated alkanes) is 2. The third-order valence-electron chi connectivity index (χ3n) is 2.60. The highest BCUT2D eigenvalue weighted by molar-refractivity contribution is 7.89. The summed E-state index contributed by atoms with van der Waals surface area (Å²) in [6.07, 6.45) is 7.33. The molecule has 1 rings (SSSR count). The van der Waals surface area contributed by atoms with Crippen LogP contribution in [0, 0.1) is 12.3 Å². The summed E-state index contributed by atoms with van der Waals surface area (Å²) in [5, 5.41) is 0. The SMILES string of the molecule is C#CCCCCNS(=O)(=O)CCOc1ccccc1N. The first-order valence-corrected chi connectivity index (χ1v) is 8.08. The quantitative estimate of drug-likeness (QED) is 0.410. The Morgan fingerprint density at radius 2 is 2.05 bits per heavy atom. The lowest BCUT2D eigenvalue weighted by Gasteiger charge is -2.09. The van der Waals surface area contributed by atoms with E-state index in [0.717, 1.165) is 12.8 Å². The maximum absolute atomic E-state index is 11.7. The van der Waals surface area contributed by atoms with Crippen molar-refractivity contribution in [2.75, 3.05) is 24.6 Å². The highest BCUT2D eigenvalue weighted by atomic mass is 32.2. The molecule has 0 aliphatic heterocycles. The van der Waals surface area contributed by atoms with Crippen LogP contribution in [0.25, 0.3) is 0 Å². The Bertz CT molecular complexity index is 550. The molecule has 1 aromatic rings. The second-order valence-electron chi connectivity index (χ2n) is 4.26. The van der Waals surface area contributed by atoms with Crippen molar-refractivity contribution in [1.29, 1.82) is 0 Å². The van der Waals surface area contributed by atoms with Gasteiger partial charge >= 0.3 is 0 Å². The standard InChI is InChI=1S/C14H20N2O3S/c1-2-3-4-7-10-16-20(17,18)12-11-19-14-9-6-5-8-13(14)15/h1,5-6,8-9,16H,3-4,7,10-12,15H2. The zero-order valence-electron chi connectivity index (χ0n) is 11.3. The van der Waals surface area contributed by atoms with Gasteiger partial charge in [-0.15, -0.1) is 12.3 Å². The van der Waals surface area contributed by atoms with Crippen LogP contribution in [0.1, 0.15) is 19.3 Å². The molecule has 3 N–H and O–H groups in total. The normalized spacial score (nSPS) is 10.9. The van der Waals surface area contributed by atoms with Gasteiger partial charge in [-0.3, -0.25) is 0 Å². The number of ether oxygens (including phenoxy) is 1. The topological polar surface area (TPSA) is 81.4 Å². The Kier molecular flexibility index (Phi) is 6.91. The number of para-hydroxylation sites is 2. The van der Waals surface area contributed by atoms with Crippen LogP contribution in [0.5, 0.6) is 5.75 Å². The van der Waals surface area contributed by atoms with E-state index in [9.17, 15) is 8.42 Å². The molecule has 110 valence electrons. The number of hydrogen-bond donors (Lipinski definition) is 2. The van der Waals surface area contributed by atoms with E-state index >= 15 is 0 Å². The van der Waals surface area contributed by atoms with E-state index in [0.29, 0.717) is 24.4 Å². The number of anilines is 1. The lowest BCUT2D eigenvalue weighted by molar-refractivity contribution is 0.342. The summed E-state index contributed by atoms with van der Waals surface area (Å²) < 4.78 is 31.2. The zero-order valence-corrected chi connectivity index (χ0v) is 12.2. The van der Waals surface area contributed by atoms with Crippen LogP contribution in [0.15, 0.2) is 24.3 Å². The Morgan fingerprint density at radius 1 is 1.30 bits per heavy atom. The zero-order chi connectivity index (χ0) is 14.8. The molecule has 0 aliphatic carbocycles.